The minimum Gasteiger partial charge on any atom is -0.361 e. The third-order valence-electron chi connectivity index (χ3n) is 5.45. The highest BCUT2D eigenvalue weighted by molar-refractivity contribution is 6.37. The van der Waals surface area contributed by atoms with Crippen molar-refractivity contribution in [1.29, 1.82) is 0 Å². The highest BCUT2D eigenvalue weighted by Crippen LogP contribution is 2.20. The molecule has 1 aliphatic rings. The van der Waals surface area contributed by atoms with Crippen molar-refractivity contribution in [3.05, 3.63) is 36.0 Å². The van der Waals surface area contributed by atoms with Crippen molar-refractivity contribution in [2.24, 2.45) is 11.8 Å². The summed E-state index contributed by atoms with van der Waals surface area (Å²) in [5.74, 6) is -2.27. The van der Waals surface area contributed by atoms with Crippen LogP contribution in [0.15, 0.2) is 30.5 Å². The van der Waals surface area contributed by atoms with E-state index in [1.54, 1.807) is 0 Å². The molecule has 7 nitrogen and oxygen atoms in total. The molecular formula is C22H27N3O4. The van der Waals surface area contributed by atoms with Gasteiger partial charge in [0.1, 0.15) is 0 Å². The maximum absolute atomic E-state index is 12.7. The summed E-state index contributed by atoms with van der Waals surface area (Å²) in [6.45, 7) is 4.11. The third-order valence-corrected chi connectivity index (χ3v) is 5.45. The number of H-pyrrole nitrogens is 1. The van der Waals surface area contributed by atoms with Gasteiger partial charge in [0.15, 0.2) is 5.78 Å². The summed E-state index contributed by atoms with van der Waals surface area (Å²) in [6.07, 6.45) is 3.18. The van der Waals surface area contributed by atoms with E-state index in [-0.39, 0.29) is 30.4 Å². The first-order valence-corrected chi connectivity index (χ1v) is 10.1. The number of fused-ring (bicyclic) bond motifs is 1. The number of carbonyl (C=O) groups is 4. The Bertz CT molecular complexity index is 931. The van der Waals surface area contributed by atoms with E-state index < -0.39 is 23.7 Å². The maximum atomic E-state index is 12.7. The molecule has 2 atom stereocenters. The fourth-order valence-corrected chi connectivity index (χ4v) is 3.78. The van der Waals surface area contributed by atoms with Crippen LogP contribution < -0.4 is 10.6 Å². The number of carbonyl (C=O) groups excluding carboxylic acids is 4. The van der Waals surface area contributed by atoms with Crippen LogP contribution in [-0.4, -0.2) is 41.0 Å². The SMILES string of the molecule is CC(C)C(NC(=O)CCc1c[nH]c2ccccc12)C(=O)CC1CCNC(=O)C1=O. The molecule has 0 radical (unpaired) electrons. The topological polar surface area (TPSA) is 108 Å². The van der Waals surface area contributed by atoms with Gasteiger partial charge in [-0.1, -0.05) is 32.0 Å². The van der Waals surface area contributed by atoms with Gasteiger partial charge in [0.05, 0.1) is 6.04 Å². The largest absolute Gasteiger partial charge is 0.361 e. The van der Waals surface area contributed by atoms with Gasteiger partial charge in [-0.15, -0.1) is 0 Å². The number of aromatic amines is 1. The van der Waals surface area contributed by atoms with Gasteiger partial charge >= 0.3 is 0 Å². The lowest BCUT2D eigenvalue weighted by atomic mass is 9.86. The van der Waals surface area contributed by atoms with Crippen molar-refractivity contribution >= 4 is 34.3 Å². The Morgan fingerprint density at radius 3 is 2.72 bits per heavy atom. The van der Waals surface area contributed by atoms with E-state index in [4.69, 9.17) is 0 Å². The normalized spacial score (nSPS) is 18.0. The molecule has 154 valence electrons. The van der Waals surface area contributed by atoms with Gasteiger partial charge in [-0.2, -0.15) is 0 Å². The fourth-order valence-electron chi connectivity index (χ4n) is 3.78. The minimum atomic E-state index is -0.664. The zero-order valence-electron chi connectivity index (χ0n) is 16.8. The quantitative estimate of drug-likeness (QED) is 0.591. The van der Waals surface area contributed by atoms with Crippen molar-refractivity contribution in [2.45, 2.75) is 45.6 Å². The van der Waals surface area contributed by atoms with Crippen LogP contribution in [0, 0.1) is 11.8 Å². The van der Waals surface area contributed by atoms with Gasteiger partial charge in [-0.05, 0) is 30.4 Å². The molecule has 1 aliphatic heterocycles. The summed E-state index contributed by atoms with van der Waals surface area (Å²) in [6, 6.07) is 7.24. The Labute approximate surface area is 169 Å². The van der Waals surface area contributed by atoms with Crippen LogP contribution in [0.2, 0.25) is 0 Å². The van der Waals surface area contributed by atoms with Crippen LogP contribution in [0.3, 0.4) is 0 Å². The molecular weight excluding hydrogens is 370 g/mol. The van der Waals surface area contributed by atoms with Gasteiger partial charge in [0.2, 0.25) is 11.7 Å². The fraction of sp³-hybridized carbons (Fsp3) is 0.455. The molecule has 1 aromatic carbocycles. The molecule has 0 spiro atoms. The highest BCUT2D eigenvalue weighted by Gasteiger charge is 2.34. The van der Waals surface area contributed by atoms with Crippen molar-refractivity contribution < 1.29 is 19.2 Å². The van der Waals surface area contributed by atoms with Crippen molar-refractivity contribution in [3.8, 4) is 0 Å². The molecule has 1 fully saturated rings. The molecule has 1 aromatic heterocycles. The van der Waals surface area contributed by atoms with Crippen LogP contribution in [0.1, 0.15) is 38.7 Å². The monoisotopic (exact) mass is 397 g/mol. The standard InChI is InChI=1S/C22H27N3O4/c1-13(2)20(18(26)11-14-9-10-23-22(29)21(14)28)25-19(27)8-7-15-12-24-17-6-4-3-5-16(15)17/h3-6,12-14,20,24H,7-11H2,1-2H3,(H,23,29)(H,25,27). The molecule has 0 saturated carbocycles. The minimum absolute atomic E-state index is 0.0160. The highest BCUT2D eigenvalue weighted by atomic mass is 16.2. The van der Waals surface area contributed by atoms with E-state index in [0.29, 0.717) is 19.4 Å². The average Bonchev–Trinajstić information content (AvgIpc) is 3.11. The van der Waals surface area contributed by atoms with Gasteiger partial charge in [0, 0.05) is 42.4 Å². The molecule has 0 bridgehead atoms. The van der Waals surface area contributed by atoms with Gasteiger partial charge in [-0.3, -0.25) is 19.2 Å². The zero-order chi connectivity index (χ0) is 21.0. The number of Topliss-reactive ketones (excluding diaryl/α,β-unsaturated/α-hetero) is 2. The maximum Gasteiger partial charge on any atom is 0.287 e. The summed E-state index contributed by atoms with van der Waals surface area (Å²) in [5, 5.41) is 6.41. The summed E-state index contributed by atoms with van der Waals surface area (Å²) in [5.41, 5.74) is 2.08. The Morgan fingerprint density at radius 1 is 1.21 bits per heavy atom. The number of amides is 2. The second kappa shape index (κ2) is 9.03. The Kier molecular flexibility index (Phi) is 6.46. The molecule has 2 unspecified atom stereocenters. The zero-order valence-corrected chi connectivity index (χ0v) is 16.8. The summed E-state index contributed by atoms with van der Waals surface area (Å²) in [7, 11) is 0. The van der Waals surface area contributed by atoms with Crippen LogP contribution in [-0.2, 0) is 25.6 Å². The Morgan fingerprint density at radius 2 is 1.97 bits per heavy atom. The molecule has 29 heavy (non-hydrogen) atoms. The third kappa shape index (κ3) is 4.91. The molecule has 7 heteroatoms. The number of aryl methyl sites for hydroxylation is 1. The smallest absolute Gasteiger partial charge is 0.287 e. The second-order valence-electron chi connectivity index (χ2n) is 7.92. The number of para-hydroxylation sites is 1. The summed E-state index contributed by atoms with van der Waals surface area (Å²) >= 11 is 0. The van der Waals surface area contributed by atoms with E-state index in [1.807, 2.05) is 44.3 Å². The van der Waals surface area contributed by atoms with Crippen molar-refractivity contribution in [1.82, 2.24) is 15.6 Å². The van der Waals surface area contributed by atoms with E-state index in [9.17, 15) is 19.2 Å². The average molecular weight is 397 g/mol. The van der Waals surface area contributed by atoms with Gasteiger partial charge in [0.25, 0.3) is 5.91 Å². The summed E-state index contributed by atoms with van der Waals surface area (Å²) < 4.78 is 0. The number of hydrogen-bond acceptors (Lipinski definition) is 4. The molecule has 0 aliphatic carbocycles. The number of rotatable bonds is 8. The van der Waals surface area contributed by atoms with Crippen LogP contribution >= 0.6 is 0 Å². The number of nitrogens with one attached hydrogen (secondary N) is 3. The van der Waals surface area contributed by atoms with E-state index in [1.165, 1.54) is 0 Å². The Hall–Kier alpha value is -2.96. The lowest BCUT2D eigenvalue weighted by Gasteiger charge is -2.25. The number of piperidine rings is 1. The molecule has 2 aromatic rings. The number of aromatic nitrogens is 1. The van der Waals surface area contributed by atoms with Crippen LogP contribution in [0.5, 0.6) is 0 Å². The second-order valence-corrected chi connectivity index (χ2v) is 7.92. The molecule has 1 saturated heterocycles. The number of hydrogen-bond donors (Lipinski definition) is 3. The molecule has 3 N–H and O–H groups in total. The number of ketones is 2. The van der Waals surface area contributed by atoms with Crippen LogP contribution in [0.4, 0.5) is 0 Å². The van der Waals surface area contributed by atoms with E-state index >= 15 is 0 Å². The van der Waals surface area contributed by atoms with Crippen molar-refractivity contribution in [3.63, 3.8) is 0 Å². The number of benzene rings is 1. The van der Waals surface area contributed by atoms with Gasteiger partial charge in [-0.25, -0.2) is 0 Å². The molecule has 2 amide bonds. The van der Waals surface area contributed by atoms with Crippen molar-refractivity contribution in [2.75, 3.05) is 6.54 Å². The predicted molar refractivity (Wildman–Crippen MR) is 109 cm³/mol. The molecule has 3 rings (SSSR count). The van der Waals surface area contributed by atoms with Crippen LogP contribution in [0.25, 0.3) is 10.9 Å². The van der Waals surface area contributed by atoms with E-state index in [2.05, 4.69) is 15.6 Å². The lowest BCUT2D eigenvalue weighted by molar-refractivity contribution is -0.143. The molecule has 2 heterocycles. The summed E-state index contributed by atoms with van der Waals surface area (Å²) in [4.78, 5) is 51.9. The van der Waals surface area contributed by atoms with E-state index in [0.717, 1.165) is 16.5 Å². The first kappa shape index (κ1) is 20.8. The predicted octanol–water partition coefficient (Wildman–Crippen LogP) is 1.91. The Balaban J connectivity index is 1.57. The lowest BCUT2D eigenvalue weighted by Crippen LogP contribution is -2.48. The van der Waals surface area contributed by atoms with Gasteiger partial charge < -0.3 is 15.6 Å². The first-order chi connectivity index (χ1) is 13.9. The first-order valence-electron chi connectivity index (χ1n) is 10.1.